The second-order valence-corrected chi connectivity index (χ2v) is 36.4. The van der Waals surface area contributed by atoms with Gasteiger partial charge in [0, 0.05) is 163 Å². The van der Waals surface area contributed by atoms with E-state index in [0.717, 1.165) is 98.8 Å². The van der Waals surface area contributed by atoms with E-state index in [4.69, 9.17) is 49.7 Å². The van der Waals surface area contributed by atoms with Crippen LogP contribution in [0.25, 0.3) is 27.9 Å². The molecule has 2 aromatic heterocycles. The van der Waals surface area contributed by atoms with Crippen molar-refractivity contribution in [1.82, 2.24) is 15.5 Å². The molecule has 0 saturated carbocycles. The summed E-state index contributed by atoms with van der Waals surface area (Å²) in [4.78, 5) is 117. The number of H-pyrrole nitrogens is 1. The van der Waals surface area contributed by atoms with E-state index in [2.05, 4.69) is 116 Å². The molecule has 0 atom stereocenters. The Hall–Kier alpha value is -14.8. The molecule has 0 bridgehead atoms. The van der Waals surface area contributed by atoms with Gasteiger partial charge in [-0.1, -0.05) is 195 Å². The van der Waals surface area contributed by atoms with E-state index < -0.39 is 0 Å². The summed E-state index contributed by atoms with van der Waals surface area (Å²) in [6, 6.07) is 55.9. The number of aromatic nitrogens is 2. The largest absolute Gasteiger partial charge is 0.409 e. The van der Waals surface area contributed by atoms with Gasteiger partial charge in [-0.3, -0.25) is 53.4 Å². The fourth-order valence-electron chi connectivity index (χ4n) is 12.7. The molecule has 0 saturated heterocycles. The van der Waals surface area contributed by atoms with Crippen molar-refractivity contribution < 1.29 is 57.7 Å². The molecule has 32 heteroatoms. The Morgan fingerprint density at radius 3 is 1.30 bits per heavy atom. The van der Waals surface area contributed by atoms with Crippen molar-refractivity contribution in [3.05, 3.63) is 255 Å². The maximum atomic E-state index is 11.6. The van der Waals surface area contributed by atoms with Crippen LogP contribution in [0.1, 0.15) is 187 Å². The molecule has 4 aliphatic rings. The van der Waals surface area contributed by atoms with Crippen LogP contribution < -0.4 is 81.4 Å². The number of fused-ring (bicyclic) bond motifs is 6. The van der Waals surface area contributed by atoms with Crippen LogP contribution >= 0.6 is 11.6 Å². The van der Waals surface area contributed by atoms with Crippen LogP contribution in [0.3, 0.4) is 0 Å². The van der Waals surface area contributed by atoms with Gasteiger partial charge in [0.25, 0.3) is 0 Å². The Balaban J connectivity index is 0.000000211. The summed E-state index contributed by atoms with van der Waals surface area (Å²) < 4.78 is 5.01. The van der Waals surface area contributed by atoms with E-state index in [-0.39, 0.29) is 124 Å². The number of allylic oxidation sites excluding steroid dienone is 1. The molecular weight excluding hydrogens is 1770 g/mol. The van der Waals surface area contributed by atoms with E-state index in [1.807, 2.05) is 203 Å². The number of aryl methyl sites for hydroxylation is 2. The molecule has 22 N–H and O–H groups in total. The van der Waals surface area contributed by atoms with E-state index in [0.29, 0.717) is 51.9 Å². The molecule has 4 heterocycles. The number of oxime groups is 1. The number of nitrogens with one attached hydrogen (secondary N) is 13. The summed E-state index contributed by atoms with van der Waals surface area (Å²) in [5.74, 6) is 0.393. The normalized spacial score (nSPS) is 12.1. The number of nitrogens with two attached hydrogens (primary N) is 4. The molecule has 10 amide bonds. The van der Waals surface area contributed by atoms with Crippen molar-refractivity contribution in [2.24, 2.45) is 75.6 Å². The van der Waals surface area contributed by atoms with Crippen LogP contribution in [-0.2, 0) is 93.3 Å². The number of hydrogen-bond donors (Lipinski definition) is 18. The number of nitrogen functional groups attached to an aromatic ring is 2. The Morgan fingerprint density at radius 1 is 0.442 bits per heavy atom. The lowest BCUT2D eigenvalue weighted by Gasteiger charge is -2.09. The molecule has 9 aromatic carbocycles. The van der Waals surface area contributed by atoms with E-state index in [9.17, 15) is 47.9 Å². The van der Waals surface area contributed by atoms with E-state index in [1.54, 1.807) is 79.0 Å². The highest BCUT2D eigenvalue weighted by Crippen LogP contribution is 2.32. The van der Waals surface area contributed by atoms with E-state index in [1.165, 1.54) is 46.2 Å². The van der Waals surface area contributed by atoms with Gasteiger partial charge in [0.05, 0.1) is 17.5 Å². The third-order valence-corrected chi connectivity index (χ3v) is 21.6. The molecule has 31 nitrogen and oxygen atoms in total. The number of carbonyl (C=O) groups is 10. The zero-order valence-electron chi connectivity index (χ0n) is 81.9. The maximum absolute atomic E-state index is 11.6. The monoisotopic (exact) mass is 1900 g/mol. The van der Waals surface area contributed by atoms with Crippen molar-refractivity contribution in [2.75, 3.05) is 58.9 Å². The molecule has 0 fully saturated rings. The lowest BCUT2D eigenvalue weighted by molar-refractivity contribution is -0.119. The minimum atomic E-state index is -0.0660. The van der Waals surface area contributed by atoms with Crippen molar-refractivity contribution >= 4 is 173 Å². The summed E-state index contributed by atoms with van der Waals surface area (Å²) in [5.41, 5.74) is 42.5. The first-order chi connectivity index (χ1) is 65.4. The molecule has 11 aromatic rings. The molecule has 2 aliphatic carbocycles. The van der Waals surface area contributed by atoms with Crippen LogP contribution in [-0.4, -0.2) is 86.1 Å². The highest BCUT2D eigenvalue weighted by atomic mass is 35.5. The van der Waals surface area contributed by atoms with E-state index >= 15 is 0 Å². The molecule has 2 aliphatic heterocycles. The number of anilines is 11. The molecule has 0 spiro atoms. The zero-order valence-corrected chi connectivity index (χ0v) is 82.7. The lowest BCUT2D eigenvalue weighted by atomic mass is 10.1. The smallest absolute Gasteiger partial charge is 0.228 e. The van der Waals surface area contributed by atoms with Crippen molar-refractivity contribution in [1.29, 1.82) is 5.41 Å². The van der Waals surface area contributed by atoms with Crippen molar-refractivity contribution in [3.63, 3.8) is 0 Å². The van der Waals surface area contributed by atoms with Crippen LogP contribution in [0.2, 0.25) is 5.02 Å². The quantitative estimate of drug-likeness (QED) is 0.0137. The Kier molecular flexibility index (Phi) is 43.2. The van der Waals surface area contributed by atoms with Gasteiger partial charge < -0.3 is 96.1 Å². The fraction of sp³-hybridized carbons (Fsp3) is 0.330. The second kappa shape index (κ2) is 54.1. The molecule has 138 heavy (non-hydrogen) atoms. The standard InChI is InChI=1S/C13H17NO.C13H15NO.C12H13ClN2O.C12H14N2O2.C12H16N2O.C11H13N3O2.C11H15N3O2.C11H15N3O.C11H16N2O/c2*1-9(2)13(15)14-12-7-6-10-4-3-5-11(10)8-12;1-7(2)12(16)15-11-6-14-10-4-3-8(13)5-9(10)11;1-7(2)12(16)13-9-4-3-8-5-11(15)14-10(8)6-9;1-8(2)12(15)14-11-4-3-9-6-13-7-10(9)5-11;1-6(2)11(15)13-7-3-4-8-9(5-7)16-14-10(8)12;1-7(2)11(15)13-9-5-3-8(4-6-9)10(12)14-16;1-7(2)11(15)14-9-5-3-8(4-6-9)10(12)13;1-8(2)11(14)13-10-5-3-9(7-12)4-6-10/h6-9H,3-5H2,1-2H3,(H,14,15);3,5-9H,4H2,1-2H3,(H,14,15);3-7,14H,1-2H3,(H,15,16);3-4,6-7H,5H2,1-2H3,(H,13,16)(H,14,15);3-5,8,13H,6-7H2,1-2H3,(H,14,15);3-6H,1-2H3,(H2,12,14)(H,13,15);3-7,16H,1-2H3,(H2,12,14)(H,13,15);3-7H,1-2H3,(H3,12,13)(H,14,15);3-6,8H,7,12H2,1-2H3,(H,13,14). The lowest BCUT2D eigenvalue weighted by Crippen LogP contribution is -2.18. The summed E-state index contributed by atoms with van der Waals surface area (Å²) in [5, 5.41) is 56.1. The van der Waals surface area contributed by atoms with Gasteiger partial charge in [0.2, 0.25) is 59.1 Å². The second-order valence-electron chi connectivity index (χ2n) is 36.0. The van der Waals surface area contributed by atoms with Crippen LogP contribution in [0, 0.1) is 58.7 Å². The number of carbonyl (C=O) groups excluding carboxylic acids is 10. The third-order valence-electron chi connectivity index (χ3n) is 21.4. The number of benzene rings is 9. The molecule has 0 unspecified atom stereocenters. The number of aromatic amines is 1. The van der Waals surface area contributed by atoms with Gasteiger partial charge in [0.15, 0.2) is 17.2 Å². The summed E-state index contributed by atoms with van der Waals surface area (Å²) >= 11 is 5.92. The third kappa shape index (κ3) is 35.8. The predicted octanol–water partition coefficient (Wildman–Crippen LogP) is 19.4. The first kappa shape index (κ1) is 110. The number of amides is 10. The van der Waals surface area contributed by atoms with Crippen molar-refractivity contribution in [3.8, 4) is 0 Å². The maximum Gasteiger partial charge on any atom is 0.228 e. The average Bonchev–Trinajstić information content (AvgIpc) is 1.66. The van der Waals surface area contributed by atoms with Crippen molar-refractivity contribution in [2.45, 2.75) is 176 Å². The molecule has 15 rings (SSSR count). The SMILES string of the molecule is CC(C)C(=O)Nc1c[nH]c2ccc(Cl)cc12.CC(C)C(=O)Nc1ccc(C(=N)N)cc1.CC(C)C(=O)Nc1ccc(C(N)=NO)cc1.CC(C)C(=O)Nc1ccc(CN)cc1.CC(C)C(=O)Nc1ccc2c(N)noc2c1.CC(C)C(=O)Nc1ccc2c(c1)C=CC2.CC(C)C(=O)Nc1ccc2c(c1)CCC2.CC(C)C(=O)Nc1ccc2c(c1)CNC2.CC(C)C(=O)Nc1ccc2c(c1)NC(=O)C2. The Labute approximate surface area is 812 Å². The Bertz CT molecular complexity index is 6010. The number of nitrogens with zero attached hydrogens (tertiary/aromatic N) is 2. The highest BCUT2D eigenvalue weighted by molar-refractivity contribution is 6.31. The van der Waals surface area contributed by atoms with Crippen LogP contribution in [0.5, 0.6) is 0 Å². The first-order valence-electron chi connectivity index (χ1n) is 46.1. The molecule has 0 radical (unpaired) electrons. The zero-order chi connectivity index (χ0) is 102. The minimum Gasteiger partial charge on any atom is -0.409 e. The average molecular weight is 1900 g/mol. The number of halogens is 1. The van der Waals surface area contributed by atoms with Gasteiger partial charge in [-0.05, 0) is 210 Å². The van der Waals surface area contributed by atoms with Gasteiger partial charge >= 0.3 is 0 Å². The molecule has 732 valence electrons. The fourth-order valence-corrected chi connectivity index (χ4v) is 12.9. The van der Waals surface area contributed by atoms with Gasteiger partial charge in [0.1, 0.15) is 5.84 Å². The summed E-state index contributed by atoms with van der Waals surface area (Å²) in [6.07, 6.45) is 11.0. The summed E-state index contributed by atoms with van der Waals surface area (Å²) in [7, 11) is 0. The first-order valence-corrected chi connectivity index (χ1v) is 46.4. The summed E-state index contributed by atoms with van der Waals surface area (Å²) in [6.45, 7) is 35.8. The number of rotatable bonds is 21. The van der Waals surface area contributed by atoms with Gasteiger partial charge in [-0.25, -0.2) is 0 Å². The number of amidine groups is 2. The number of hydrogen-bond acceptors (Lipinski definition) is 18. The van der Waals surface area contributed by atoms with Gasteiger partial charge in [-0.2, -0.15) is 0 Å². The van der Waals surface area contributed by atoms with Gasteiger partial charge in [-0.15, -0.1) is 0 Å². The van der Waals surface area contributed by atoms with Crippen LogP contribution in [0.4, 0.5) is 62.7 Å². The Morgan fingerprint density at radius 2 is 0.833 bits per heavy atom. The topological polar surface area (TPSA) is 505 Å². The highest BCUT2D eigenvalue weighted by Gasteiger charge is 2.22. The predicted molar refractivity (Wildman–Crippen MR) is 557 cm³/mol. The molecular formula is C106H134ClN19O12. The van der Waals surface area contributed by atoms with Crippen LogP contribution in [0.15, 0.2) is 204 Å². The minimum absolute atomic E-state index is 0.000811.